The Morgan fingerprint density at radius 1 is 0.903 bits per heavy atom. The summed E-state index contributed by atoms with van der Waals surface area (Å²) in [6.45, 7) is 0. The second kappa shape index (κ2) is 9.05. The summed E-state index contributed by atoms with van der Waals surface area (Å²) in [6.07, 6.45) is 0. The van der Waals surface area contributed by atoms with Gasteiger partial charge in [-0.3, -0.25) is 9.44 Å². The van der Waals surface area contributed by atoms with Gasteiger partial charge in [0.05, 0.1) is 39.0 Å². The molecule has 0 unspecified atom stereocenters. The van der Waals surface area contributed by atoms with E-state index in [1.165, 1.54) is 49.6 Å². The molecule has 0 fully saturated rings. The van der Waals surface area contributed by atoms with Crippen LogP contribution in [-0.2, 0) is 24.8 Å². The number of carbonyl (C=O) groups is 1. The minimum Gasteiger partial charge on any atom is -0.465 e. The number of hydrogen-bond donors (Lipinski definition) is 2. The number of benzene rings is 2. The highest BCUT2D eigenvalue weighted by Gasteiger charge is 2.22. The highest BCUT2D eigenvalue weighted by molar-refractivity contribution is 7.94. The van der Waals surface area contributed by atoms with Crippen molar-refractivity contribution in [3.05, 3.63) is 69.5 Å². The van der Waals surface area contributed by atoms with Crippen molar-refractivity contribution in [1.82, 2.24) is 0 Å². The third-order valence-electron chi connectivity index (χ3n) is 3.89. The molecule has 2 N–H and O–H groups in total. The smallest absolute Gasteiger partial charge is 0.337 e. The summed E-state index contributed by atoms with van der Waals surface area (Å²) in [5.74, 6) is -0.619. The fourth-order valence-electron chi connectivity index (χ4n) is 2.42. The second-order valence-electron chi connectivity index (χ2n) is 5.97. The van der Waals surface area contributed by atoms with Crippen LogP contribution >= 0.6 is 34.5 Å². The Kier molecular flexibility index (Phi) is 6.82. The maximum absolute atomic E-state index is 12.8. The third-order valence-corrected chi connectivity index (χ3v) is 8.76. The van der Waals surface area contributed by atoms with Crippen molar-refractivity contribution in [2.24, 2.45) is 0 Å². The zero-order chi connectivity index (χ0) is 22.8. The molecule has 1 aromatic heterocycles. The van der Waals surface area contributed by atoms with Crippen molar-refractivity contribution in [2.75, 3.05) is 16.6 Å². The standard InChI is InChI=1S/C18H14Cl2N2O6S3/c1-28-18(23)11-4-6-12(7-5-11)30(24,25)21-15-9-13(19)14(20)10-16(15)22-31(26,27)17-3-2-8-29-17/h2-10,21-22H,1H3. The van der Waals surface area contributed by atoms with Gasteiger partial charge in [0.2, 0.25) is 0 Å². The first-order valence-electron chi connectivity index (χ1n) is 8.30. The number of carbonyl (C=O) groups excluding carboxylic acids is 1. The monoisotopic (exact) mass is 520 g/mol. The quantitative estimate of drug-likeness (QED) is 0.444. The fraction of sp³-hybridized carbons (Fsp3) is 0.0556. The molecule has 1 heterocycles. The van der Waals surface area contributed by atoms with Crippen LogP contribution in [-0.4, -0.2) is 29.9 Å². The Morgan fingerprint density at radius 3 is 1.94 bits per heavy atom. The van der Waals surface area contributed by atoms with Gasteiger partial charge in [0.15, 0.2) is 0 Å². The Morgan fingerprint density at radius 2 is 1.45 bits per heavy atom. The fourth-order valence-corrected chi connectivity index (χ4v) is 5.88. The number of hydrogen-bond acceptors (Lipinski definition) is 7. The van der Waals surface area contributed by atoms with Crippen molar-refractivity contribution in [2.45, 2.75) is 9.10 Å². The van der Waals surface area contributed by atoms with E-state index in [9.17, 15) is 21.6 Å². The van der Waals surface area contributed by atoms with E-state index < -0.39 is 26.0 Å². The Labute approximate surface area is 192 Å². The van der Waals surface area contributed by atoms with Gasteiger partial charge >= 0.3 is 5.97 Å². The molecule has 3 rings (SSSR count). The van der Waals surface area contributed by atoms with E-state index in [4.69, 9.17) is 23.2 Å². The topological polar surface area (TPSA) is 119 Å². The van der Waals surface area contributed by atoms with Crippen LogP contribution < -0.4 is 9.44 Å². The molecule has 3 aromatic rings. The molecule has 0 radical (unpaired) electrons. The molecule has 2 aromatic carbocycles. The molecule has 0 atom stereocenters. The van der Waals surface area contributed by atoms with Gasteiger partial charge in [-0.1, -0.05) is 29.3 Å². The van der Waals surface area contributed by atoms with Crippen molar-refractivity contribution in [3.63, 3.8) is 0 Å². The van der Waals surface area contributed by atoms with E-state index in [0.29, 0.717) is 0 Å². The van der Waals surface area contributed by atoms with Crippen LogP contribution in [0.5, 0.6) is 0 Å². The molecule has 0 aliphatic heterocycles. The molecule has 0 spiro atoms. The summed E-state index contributed by atoms with van der Waals surface area (Å²) in [5, 5.41) is 1.63. The van der Waals surface area contributed by atoms with E-state index in [1.807, 2.05) is 0 Å². The summed E-state index contributed by atoms with van der Waals surface area (Å²) in [5.41, 5.74) is -0.0792. The lowest BCUT2D eigenvalue weighted by Crippen LogP contribution is -2.17. The van der Waals surface area contributed by atoms with Gasteiger partial charge in [0, 0.05) is 0 Å². The van der Waals surface area contributed by atoms with Crippen molar-refractivity contribution in [1.29, 1.82) is 0 Å². The molecule has 0 amide bonds. The zero-order valence-electron chi connectivity index (χ0n) is 15.6. The van der Waals surface area contributed by atoms with Gasteiger partial charge in [-0.2, -0.15) is 0 Å². The molecule has 31 heavy (non-hydrogen) atoms. The van der Waals surface area contributed by atoms with E-state index in [-0.39, 0.29) is 36.1 Å². The maximum Gasteiger partial charge on any atom is 0.337 e. The summed E-state index contributed by atoms with van der Waals surface area (Å²) in [4.78, 5) is 11.4. The molecule has 13 heteroatoms. The molecule has 0 aliphatic carbocycles. The average molecular weight is 521 g/mol. The molecule has 0 saturated carbocycles. The number of nitrogens with one attached hydrogen (secondary N) is 2. The summed E-state index contributed by atoms with van der Waals surface area (Å²) >= 11 is 13.0. The second-order valence-corrected chi connectivity index (χ2v) is 11.3. The van der Waals surface area contributed by atoms with Gasteiger partial charge in [-0.15, -0.1) is 11.3 Å². The van der Waals surface area contributed by atoms with Crippen LogP contribution in [0.1, 0.15) is 10.4 Å². The minimum absolute atomic E-state index is 0.0134. The predicted molar refractivity (Wildman–Crippen MR) is 120 cm³/mol. The minimum atomic E-state index is -4.16. The zero-order valence-corrected chi connectivity index (χ0v) is 19.6. The number of halogens is 2. The number of sulfonamides is 2. The van der Waals surface area contributed by atoms with Gasteiger partial charge < -0.3 is 4.74 Å². The summed E-state index contributed by atoms with van der Waals surface area (Å²) in [7, 11) is -6.93. The van der Waals surface area contributed by atoms with E-state index in [2.05, 4.69) is 14.2 Å². The SMILES string of the molecule is COC(=O)c1ccc(S(=O)(=O)Nc2cc(Cl)c(Cl)cc2NS(=O)(=O)c2cccs2)cc1. The number of esters is 1. The highest BCUT2D eigenvalue weighted by atomic mass is 35.5. The summed E-state index contributed by atoms with van der Waals surface area (Å²) < 4.78 is 60.0. The molecular weight excluding hydrogens is 507 g/mol. The first-order valence-corrected chi connectivity index (χ1v) is 12.9. The number of methoxy groups -OCH3 is 1. The lowest BCUT2D eigenvalue weighted by molar-refractivity contribution is 0.0600. The number of rotatable bonds is 7. The van der Waals surface area contributed by atoms with Crippen LogP contribution in [0.4, 0.5) is 11.4 Å². The van der Waals surface area contributed by atoms with Gasteiger partial charge in [0.1, 0.15) is 4.21 Å². The Balaban J connectivity index is 1.97. The third kappa shape index (κ3) is 5.31. The van der Waals surface area contributed by atoms with Crippen molar-refractivity contribution < 1.29 is 26.4 Å². The lowest BCUT2D eigenvalue weighted by atomic mass is 10.2. The molecule has 0 saturated heterocycles. The first-order chi connectivity index (χ1) is 14.5. The average Bonchev–Trinajstić information content (AvgIpc) is 3.27. The van der Waals surface area contributed by atoms with Crippen LogP contribution in [0.2, 0.25) is 10.0 Å². The van der Waals surface area contributed by atoms with Crippen molar-refractivity contribution >= 4 is 71.9 Å². The highest BCUT2D eigenvalue weighted by Crippen LogP contribution is 2.35. The maximum atomic E-state index is 12.8. The normalized spacial score (nSPS) is 11.7. The van der Waals surface area contributed by atoms with E-state index in [0.717, 1.165) is 11.3 Å². The van der Waals surface area contributed by atoms with Crippen molar-refractivity contribution in [3.8, 4) is 0 Å². The molecule has 0 bridgehead atoms. The molecule has 0 aliphatic rings. The lowest BCUT2D eigenvalue weighted by Gasteiger charge is -2.15. The largest absolute Gasteiger partial charge is 0.465 e. The number of anilines is 2. The Bertz CT molecular complexity index is 1320. The van der Waals surface area contributed by atoms with Crippen LogP contribution in [0.15, 0.2) is 63.0 Å². The summed E-state index contributed by atoms with van der Waals surface area (Å²) in [6, 6.07) is 10.4. The van der Waals surface area contributed by atoms with E-state index in [1.54, 1.807) is 11.4 Å². The van der Waals surface area contributed by atoms with Gasteiger partial charge in [0.25, 0.3) is 20.0 Å². The van der Waals surface area contributed by atoms with Gasteiger partial charge in [-0.25, -0.2) is 21.6 Å². The molecule has 8 nitrogen and oxygen atoms in total. The number of thiophene rings is 1. The van der Waals surface area contributed by atoms with Crippen LogP contribution in [0.25, 0.3) is 0 Å². The Hall–Kier alpha value is -2.31. The van der Waals surface area contributed by atoms with Crippen LogP contribution in [0, 0.1) is 0 Å². The van der Waals surface area contributed by atoms with E-state index >= 15 is 0 Å². The predicted octanol–water partition coefficient (Wildman–Crippen LogP) is 4.44. The van der Waals surface area contributed by atoms with Crippen LogP contribution in [0.3, 0.4) is 0 Å². The number of ether oxygens (including phenoxy) is 1. The van der Waals surface area contributed by atoms with Gasteiger partial charge in [-0.05, 0) is 47.8 Å². The first kappa shape index (κ1) is 23.4. The molecular formula is C18H14Cl2N2O6S3. The molecule has 164 valence electrons.